The standard InChI is InChI=1S/C20H27NO/c1-13(2)16-10-14(3)11-17(19(16)20(4,5)6)15-8-9-21-18(12-15)22-7/h8-13H,1-7H3. The molecule has 2 heteroatoms. The fraction of sp³-hybridized carbons (Fsp3) is 0.450. The van der Waals surface area contributed by atoms with Gasteiger partial charge in [-0.15, -0.1) is 0 Å². The zero-order chi connectivity index (χ0) is 16.5. The van der Waals surface area contributed by atoms with E-state index in [4.69, 9.17) is 4.74 Å². The van der Waals surface area contributed by atoms with Crippen molar-refractivity contribution in [1.29, 1.82) is 0 Å². The Bertz CT molecular complexity index is 666. The van der Waals surface area contributed by atoms with Gasteiger partial charge in [0.1, 0.15) is 0 Å². The van der Waals surface area contributed by atoms with Gasteiger partial charge < -0.3 is 4.74 Å². The fourth-order valence-corrected chi connectivity index (χ4v) is 3.02. The van der Waals surface area contributed by atoms with Crippen LogP contribution < -0.4 is 4.74 Å². The van der Waals surface area contributed by atoms with E-state index >= 15 is 0 Å². The maximum Gasteiger partial charge on any atom is 0.213 e. The zero-order valence-electron chi connectivity index (χ0n) is 14.8. The van der Waals surface area contributed by atoms with Crippen molar-refractivity contribution in [3.05, 3.63) is 47.2 Å². The average molecular weight is 297 g/mol. The number of aryl methyl sites for hydroxylation is 1. The summed E-state index contributed by atoms with van der Waals surface area (Å²) in [6, 6.07) is 8.69. The highest BCUT2D eigenvalue weighted by molar-refractivity contribution is 5.72. The van der Waals surface area contributed by atoms with Crippen molar-refractivity contribution in [2.45, 2.75) is 52.9 Å². The molecule has 0 radical (unpaired) electrons. The topological polar surface area (TPSA) is 22.1 Å². The number of nitrogens with zero attached hydrogens (tertiary/aromatic N) is 1. The summed E-state index contributed by atoms with van der Waals surface area (Å²) in [4.78, 5) is 4.23. The maximum atomic E-state index is 5.30. The Kier molecular flexibility index (Phi) is 4.60. The molecule has 0 atom stereocenters. The van der Waals surface area contributed by atoms with Crippen LogP contribution in [0.15, 0.2) is 30.5 Å². The van der Waals surface area contributed by atoms with E-state index < -0.39 is 0 Å². The molecular formula is C20H27NO. The van der Waals surface area contributed by atoms with Crippen LogP contribution in [0, 0.1) is 6.92 Å². The first-order valence-electron chi connectivity index (χ1n) is 7.89. The Morgan fingerprint density at radius 2 is 1.77 bits per heavy atom. The van der Waals surface area contributed by atoms with E-state index in [1.54, 1.807) is 7.11 Å². The third kappa shape index (κ3) is 3.32. The van der Waals surface area contributed by atoms with Crippen molar-refractivity contribution in [1.82, 2.24) is 4.98 Å². The summed E-state index contributed by atoms with van der Waals surface area (Å²) in [6.45, 7) is 13.5. The lowest BCUT2D eigenvalue weighted by atomic mass is 9.76. The monoisotopic (exact) mass is 297 g/mol. The molecule has 0 amide bonds. The molecule has 0 aliphatic rings. The third-order valence-electron chi connectivity index (χ3n) is 3.94. The van der Waals surface area contributed by atoms with Crippen LogP contribution in [0.4, 0.5) is 0 Å². The van der Waals surface area contributed by atoms with Crippen LogP contribution >= 0.6 is 0 Å². The fourth-order valence-electron chi connectivity index (χ4n) is 3.02. The van der Waals surface area contributed by atoms with Gasteiger partial charge in [-0.2, -0.15) is 0 Å². The van der Waals surface area contributed by atoms with E-state index in [-0.39, 0.29) is 5.41 Å². The molecule has 0 saturated carbocycles. The van der Waals surface area contributed by atoms with Gasteiger partial charge >= 0.3 is 0 Å². The summed E-state index contributed by atoms with van der Waals surface area (Å²) in [5.74, 6) is 1.15. The van der Waals surface area contributed by atoms with E-state index in [0.717, 1.165) is 0 Å². The molecular weight excluding hydrogens is 270 g/mol. The van der Waals surface area contributed by atoms with Crippen molar-refractivity contribution >= 4 is 0 Å². The molecule has 0 spiro atoms. The first-order chi connectivity index (χ1) is 10.2. The van der Waals surface area contributed by atoms with Gasteiger partial charge in [0.2, 0.25) is 5.88 Å². The highest BCUT2D eigenvalue weighted by atomic mass is 16.5. The molecule has 0 saturated heterocycles. The molecule has 0 aliphatic heterocycles. The predicted octanol–water partition coefficient (Wildman–Crippen LogP) is 5.49. The number of benzene rings is 1. The van der Waals surface area contributed by atoms with Crippen LogP contribution in [0.2, 0.25) is 0 Å². The van der Waals surface area contributed by atoms with Crippen LogP contribution in [-0.2, 0) is 5.41 Å². The number of methoxy groups -OCH3 is 1. The molecule has 2 nitrogen and oxygen atoms in total. The molecule has 0 unspecified atom stereocenters. The lowest BCUT2D eigenvalue weighted by Gasteiger charge is -2.29. The molecule has 2 aromatic rings. The summed E-state index contributed by atoms with van der Waals surface area (Å²) >= 11 is 0. The second-order valence-corrected chi connectivity index (χ2v) is 7.27. The lowest BCUT2D eigenvalue weighted by molar-refractivity contribution is 0.398. The molecule has 0 fully saturated rings. The number of pyridine rings is 1. The number of aromatic nitrogens is 1. The van der Waals surface area contributed by atoms with E-state index in [1.807, 2.05) is 12.3 Å². The lowest BCUT2D eigenvalue weighted by Crippen LogP contribution is -2.17. The quantitative estimate of drug-likeness (QED) is 0.747. The predicted molar refractivity (Wildman–Crippen MR) is 93.8 cm³/mol. The SMILES string of the molecule is COc1cc(-c2cc(C)cc(C(C)C)c2C(C)(C)C)ccn1. The number of hydrogen-bond acceptors (Lipinski definition) is 2. The van der Waals surface area contributed by atoms with Gasteiger partial charge in [0.25, 0.3) is 0 Å². The minimum atomic E-state index is 0.0825. The molecule has 118 valence electrons. The van der Waals surface area contributed by atoms with Gasteiger partial charge in [0, 0.05) is 12.3 Å². The van der Waals surface area contributed by atoms with E-state index in [2.05, 4.69) is 64.7 Å². The molecule has 0 bridgehead atoms. The normalized spacial score (nSPS) is 11.8. The van der Waals surface area contributed by atoms with Gasteiger partial charge in [-0.1, -0.05) is 52.3 Å². The Morgan fingerprint density at radius 1 is 1.09 bits per heavy atom. The zero-order valence-corrected chi connectivity index (χ0v) is 14.8. The van der Waals surface area contributed by atoms with Crippen LogP contribution in [0.5, 0.6) is 5.88 Å². The van der Waals surface area contributed by atoms with Crippen LogP contribution in [0.1, 0.15) is 57.2 Å². The van der Waals surface area contributed by atoms with Crippen molar-refractivity contribution < 1.29 is 4.74 Å². The van der Waals surface area contributed by atoms with Gasteiger partial charge in [0.05, 0.1) is 7.11 Å². The summed E-state index contributed by atoms with van der Waals surface area (Å²) in [7, 11) is 1.66. The number of hydrogen-bond donors (Lipinski definition) is 0. The van der Waals surface area contributed by atoms with Crippen molar-refractivity contribution in [3.8, 4) is 17.0 Å². The van der Waals surface area contributed by atoms with E-state index in [0.29, 0.717) is 11.8 Å². The second-order valence-electron chi connectivity index (χ2n) is 7.27. The summed E-state index contributed by atoms with van der Waals surface area (Å²) in [5.41, 5.74) is 6.68. The Labute approximate surface area is 134 Å². The van der Waals surface area contributed by atoms with Crippen molar-refractivity contribution in [2.75, 3.05) is 7.11 Å². The number of ether oxygens (including phenoxy) is 1. The molecule has 22 heavy (non-hydrogen) atoms. The largest absolute Gasteiger partial charge is 0.481 e. The van der Waals surface area contributed by atoms with E-state index in [9.17, 15) is 0 Å². The highest BCUT2D eigenvalue weighted by Gasteiger charge is 2.24. The summed E-state index contributed by atoms with van der Waals surface area (Å²) < 4.78 is 5.30. The van der Waals surface area contributed by atoms with Crippen LogP contribution in [-0.4, -0.2) is 12.1 Å². The molecule has 1 aromatic carbocycles. The first kappa shape index (κ1) is 16.5. The smallest absolute Gasteiger partial charge is 0.213 e. The van der Waals surface area contributed by atoms with Gasteiger partial charge in [-0.3, -0.25) is 0 Å². The van der Waals surface area contributed by atoms with Crippen LogP contribution in [0.25, 0.3) is 11.1 Å². The molecule has 1 heterocycles. The van der Waals surface area contributed by atoms with Crippen molar-refractivity contribution in [2.24, 2.45) is 0 Å². The highest BCUT2D eigenvalue weighted by Crippen LogP contribution is 2.39. The minimum absolute atomic E-state index is 0.0825. The van der Waals surface area contributed by atoms with Gasteiger partial charge in [-0.25, -0.2) is 4.98 Å². The Morgan fingerprint density at radius 3 is 2.32 bits per heavy atom. The number of rotatable bonds is 3. The molecule has 2 rings (SSSR count). The maximum absolute atomic E-state index is 5.30. The molecule has 0 aliphatic carbocycles. The average Bonchev–Trinajstić information content (AvgIpc) is 2.45. The van der Waals surface area contributed by atoms with E-state index in [1.165, 1.54) is 27.8 Å². The van der Waals surface area contributed by atoms with Crippen molar-refractivity contribution in [3.63, 3.8) is 0 Å². The Hall–Kier alpha value is -1.83. The second kappa shape index (κ2) is 6.12. The molecule has 1 aromatic heterocycles. The Balaban J connectivity index is 2.78. The first-order valence-corrected chi connectivity index (χ1v) is 7.89. The van der Waals surface area contributed by atoms with Gasteiger partial charge in [0.15, 0.2) is 0 Å². The summed E-state index contributed by atoms with van der Waals surface area (Å²) in [6.07, 6.45) is 1.82. The van der Waals surface area contributed by atoms with Gasteiger partial charge in [-0.05, 0) is 46.6 Å². The third-order valence-corrected chi connectivity index (χ3v) is 3.94. The minimum Gasteiger partial charge on any atom is -0.481 e. The molecule has 0 N–H and O–H groups in total. The summed E-state index contributed by atoms with van der Waals surface area (Å²) in [5, 5.41) is 0. The van der Waals surface area contributed by atoms with Crippen LogP contribution in [0.3, 0.4) is 0 Å².